The molecule has 0 saturated carbocycles. The van der Waals surface area contributed by atoms with E-state index >= 15 is 0 Å². The van der Waals surface area contributed by atoms with E-state index in [4.69, 9.17) is 9.47 Å². The van der Waals surface area contributed by atoms with Crippen molar-refractivity contribution >= 4 is 0 Å². The van der Waals surface area contributed by atoms with Crippen molar-refractivity contribution in [3.8, 4) is 0 Å². The minimum atomic E-state index is 0.413. The second-order valence-corrected chi connectivity index (χ2v) is 4.10. The smallest absolute Gasteiger partial charge is 0.147 e. The van der Waals surface area contributed by atoms with Crippen LogP contribution in [0, 0.1) is 0 Å². The van der Waals surface area contributed by atoms with Crippen molar-refractivity contribution in [2.75, 3.05) is 13.4 Å². The van der Waals surface area contributed by atoms with Gasteiger partial charge in [-0.15, -0.1) is 0 Å². The van der Waals surface area contributed by atoms with Crippen molar-refractivity contribution in [3.63, 3.8) is 0 Å². The molecule has 0 aliphatic rings. The Hall–Kier alpha value is -0.0800. The van der Waals surface area contributed by atoms with E-state index in [1.807, 2.05) is 0 Å². The Morgan fingerprint density at radius 2 is 1.60 bits per heavy atom. The van der Waals surface area contributed by atoms with E-state index < -0.39 is 0 Å². The van der Waals surface area contributed by atoms with Gasteiger partial charge in [0.15, 0.2) is 0 Å². The van der Waals surface area contributed by atoms with E-state index in [0.29, 0.717) is 12.9 Å². The van der Waals surface area contributed by atoms with Crippen molar-refractivity contribution in [1.82, 2.24) is 0 Å². The van der Waals surface area contributed by atoms with Gasteiger partial charge in [-0.05, 0) is 19.3 Å². The second kappa shape index (κ2) is 12.0. The molecule has 2 nitrogen and oxygen atoms in total. The van der Waals surface area contributed by atoms with Crippen molar-refractivity contribution in [1.29, 1.82) is 0 Å². The van der Waals surface area contributed by atoms with Crippen LogP contribution in [-0.4, -0.2) is 19.5 Å². The summed E-state index contributed by atoms with van der Waals surface area (Å²) < 4.78 is 11.1. The number of ether oxygens (including phenoxy) is 2. The molecule has 0 radical (unpaired) electrons. The Morgan fingerprint density at radius 1 is 0.867 bits per heavy atom. The van der Waals surface area contributed by atoms with E-state index in [1.54, 1.807) is 0 Å². The summed E-state index contributed by atoms with van der Waals surface area (Å²) in [6, 6.07) is 0. The average Bonchev–Trinajstić information content (AvgIpc) is 2.25. The first-order valence-electron chi connectivity index (χ1n) is 6.54. The maximum atomic E-state index is 5.71. The minimum absolute atomic E-state index is 0.413. The summed E-state index contributed by atoms with van der Waals surface area (Å²) in [6.45, 7) is 7.92. The standard InChI is InChI=1S/C13H28O2/c1-4-7-10-13(9-6-3)15-12-14-11-8-5-2/h13H,4-12H2,1-3H3. The summed E-state index contributed by atoms with van der Waals surface area (Å²) in [4.78, 5) is 0. The fraction of sp³-hybridized carbons (Fsp3) is 1.00. The predicted molar refractivity (Wildman–Crippen MR) is 65.0 cm³/mol. The fourth-order valence-electron chi connectivity index (χ4n) is 1.51. The zero-order chi connectivity index (χ0) is 11.4. The Morgan fingerprint density at radius 3 is 2.20 bits per heavy atom. The van der Waals surface area contributed by atoms with Crippen molar-refractivity contribution in [2.24, 2.45) is 0 Å². The van der Waals surface area contributed by atoms with E-state index in [-0.39, 0.29) is 0 Å². The van der Waals surface area contributed by atoms with Gasteiger partial charge in [0, 0.05) is 6.61 Å². The van der Waals surface area contributed by atoms with Gasteiger partial charge in [0.25, 0.3) is 0 Å². The first-order chi connectivity index (χ1) is 7.35. The van der Waals surface area contributed by atoms with Gasteiger partial charge in [0.1, 0.15) is 6.79 Å². The molecule has 15 heavy (non-hydrogen) atoms. The molecular formula is C13H28O2. The molecule has 0 amide bonds. The van der Waals surface area contributed by atoms with E-state index in [2.05, 4.69) is 20.8 Å². The zero-order valence-corrected chi connectivity index (χ0v) is 10.8. The molecule has 0 heterocycles. The van der Waals surface area contributed by atoms with Gasteiger partial charge in [-0.2, -0.15) is 0 Å². The van der Waals surface area contributed by atoms with Crippen molar-refractivity contribution in [3.05, 3.63) is 0 Å². The maximum Gasteiger partial charge on any atom is 0.147 e. The molecular weight excluding hydrogens is 188 g/mol. The first-order valence-corrected chi connectivity index (χ1v) is 6.54. The van der Waals surface area contributed by atoms with Gasteiger partial charge in [-0.1, -0.05) is 46.5 Å². The van der Waals surface area contributed by atoms with Gasteiger partial charge in [-0.3, -0.25) is 0 Å². The van der Waals surface area contributed by atoms with Gasteiger partial charge in [0.2, 0.25) is 0 Å². The SMILES string of the molecule is CCCCOCOC(CCC)CCCC. The molecule has 1 unspecified atom stereocenters. The summed E-state index contributed by atoms with van der Waals surface area (Å²) >= 11 is 0. The molecule has 92 valence electrons. The van der Waals surface area contributed by atoms with Crippen LogP contribution in [0.4, 0.5) is 0 Å². The van der Waals surface area contributed by atoms with Gasteiger partial charge in [-0.25, -0.2) is 0 Å². The van der Waals surface area contributed by atoms with Crippen molar-refractivity contribution < 1.29 is 9.47 Å². The quantitative estimate of drug-likeness (QED) is 0.382. The lowest BCUT2D eigenvalue weighted by Crippen LogP contribution is -2.15. The molecule has 0 aromatic carbocycles. The van der Waals surface area contributed by atoms with Crippen molar-refractivity contribution in [2.45, 2.75) is 71.8 Å². The lowest BCUT2D eigenvalue weighted by molar-refractivity contribution is -0.0945. The van der Waals surface area contributed by atoms with Gasteiger partial charge >= 0.3 is 0 Å². The van der Waals surface area contributed by atoms with Crippen LogP contribution in [0.1, 0.15) is 65.7 Å². The zero-order valence-electron chi connectivity index (χ0n) is 10.8. The summed E-state index contributed by atoms with van der Waals surface area (Å²) in [6.07, 6.45) is 8.80. The summed E-state index contributed by atoms with van der Waals surface area (Å²) in [5, 5.41) is 0. The van der Waals surface area contributed by atoms with Crippen LogP contribution in [-0.2, 0) is 9.47 Å². The molecule has 0 bridgehead atoms. The largest absolute Gasteiger partial charge is 0.355 e. The summed E-state index contributed by atoms with van der Waals surface area (Å²) in [5.74, 6) is 0. The molecule has 0 rings (SSSR count). The predicted octanol–water partition coefficient (Wildman–Crippen LogP) is 4.14. The number of rotatable bonds is 11. The Bertz CT molecular complexity index is 115. The Balaban J connectivity index is 3.38. The van der Waals surface area contributed by atoms with E-state index in [1.165, 1.54) is 32.1 Å². The van der Waals surface area contributed by atoms with Crippen LogP contribution in [0.5, 0.6) is 0 Å². The third-order valence-corrected chi connectivity index (χ3v) is 2.52. The van der Waals surface area contributed by atoms with Gasteiger partial charge in [0.05, 0.1) is 6.10 Å². The molecule has 0 aromatic rings. The molecule has 0 saturated heterocycles. The third-order valence-electron chi connectivity index (χ3n) is 2.52. The summed E-state index contributed by atoms with van der Waals surface area (Å²) in [5.41, 5.74) is 0. The van der Waals surface area contributed by atoms with Crippen LogP contribution in [0.25, 0.3) is 0 Å². The molecule has 0 aliphatic carbocycles. The first kappa shape index (κ1) is 14.9. The number of unbranched alkanes of at least 4 members (excludes halogenated alkanes) is 2. The Labute approximate surface area is 95.3 Å². The second-order valence-electron chi connectivity index (χ2n) is 4.10. The highest BCUT2D eigenvalue weighted by Crippen LogP contribution is 2.10. The molecule has 0 fully saturated rings. The molecule has 0 spiro atoms. The highest BCUT2D eigenvalue weighted by molar-refractivity contribution is 4.56. The van der Waals surface area contributed by atoms with Gasteiger partial charge < -0.3 is 9.47 Å². The van der Waals surface area contributed by atoms with Crippen LogP contribution in [0.2, 0.25) is 0 Å². The molecule has 0 aromatic heterocycles. The average molecular weight is 216 g/mol. The normalized spacial score (nSPS) is 13.0. The van der Waals surface area contributed by atoms with E-state index in [9.17, 15) is 0 Å². The maximum absolute atomic E-state index is 5.71. The monoisotopic (exact) mass is 216 g/mol. The Kier molecular flexibility index (Phi) is 11.9. The lowest BCUT2D eigenvalue weighted by Gasteiger charge is -2.16. The molecule has 0 aliphatic heterocycles. The van der Waals surface area contributed by atoms with Crippen LogP contribution >= 0.6 is 0 Å². The highest BCUT2D eigenvalue weighted by atomic mass is 16.7. The minimum Gasteiger partial charge on any atom is -0.355 e. The molecule has 0 N–H and O–H groups in total. The topological polar surface area (TPSA) is 18.5 Å². The highest BCUT2D eigenvalue weighted by Gasteiger charge is 2.06. The van der Waals surface area contributed by atoms with Crippen LogP contribution in [0.15, 0.2) is 0 Å². The van der Waals surface area contributed by atoms with Crippen LogP contribution in [0.3, 0.4) is 0 Å². The molecule has 1 atom stereocenters. The number of hydrogen-bond donors (Lipinski definition) is 0. The summed E-state index contributed by atoms with van der Waals surface area (Å²) in [7, 11) is 0. The molecule has 2 heteroatoms. The lowest BCUT2D eigenvalue weighted by atomic mass is 10.1. The van der Waals surface area contributed by atoms with E-state index in [0.717, 1.165) is 19.4 Å². The van der Waals surface area contributed by atoms with Crippen LogP contribution < -0.4 is 0 Å². The number of hydrogen-bond acceptors (Lipinski definition) is 2. The fourth-order valence-corrected chi connectivity index (χ4v) is 1.51. The third kappa shape index (κ3) is 10.2.